The van der Waals surface area contributed by atoms with Crippen LogP contribution in [0.4, 0.5) is 10.5 Å². The maximum absolute atomic E-state index is 13.0. The second-order valence-corrected chi connectivity index (χ2v) is 9.25. The van der Waals surface area contributed by atoms with Gasteiger partial charge in [0.2, 0.25) is 0 Å². The Labute approximate surface area is 213 Å². The predicted octanol–water partition coefficient (Wildman–Crippen LogP) is 4.88. The zero-order chi connectivity index (χ0) is 25.1. The second kappa shape index (κ2) is 10.6. The lowest BCUT2D eigenvalue weighted by Gasteiger charge is -2.15. The molecule has 9 nitrogen and oxygen atoms in total. The van der Waals surface area contributed by atoms with Gasteiger partial charge >= 0.3 is 6.03 Å². The van der Waals surface area contributed by atoms with E-state index in [9.17, 15) is 9.59 Å². The van der Waals surface area contributed by atoms with Crippen LogP contribution in [0.15, 0.2) is 42.6 Å². The van der Waals surface area contributed by atoms with Crippen molar-refractivity contribution in [1.82, 2.24) is 15.6 Å². The van der Waals surface area contributed by atoms with Gasteiger partial charge in [-0.2, -0.15) is 0 Å². The summed E-state index contributed by atoms with van der Waals surface area (Å²) in [4.78, 5) is 29.4. The number of halogens is 1. The minimum atomic E-state index is -0.285. The van der Waals surface area contributed by atoms with E-state index >= 15 is 0 Å². The van der Waals surface area contributed by atoms with Crippen LogP contribution in [0.25, 0.3) is 10.9 Å². The highest BCUT2D eigenvalue weighted by atomic mass is 35.5. The summed E-state index contributed by atoms with van der Waals surface area (Å²) in [7, 11) is 1.51. The number of methoxy groups -OCH3 is 1. The van der Waals surface area contributed by atoms with Crippen LogP contribution in [0.2, 0.25) is 5.02 Å². The number of ether oxygens (including phenoxy) is 3. The molecule has 1 saturated heterocycles. The standard InChI is InChI=1S/C26H27ClN4O5/c1-34-24-13-22-18(12-19(24)25(32)29-14-17-3-2-10-35-17)23(8-9-28-22)36-16-6-7-21(20(27)11-16)31-26(33)30-15-4-5-15/h6-9,11-13,15,17H,2-5,10,14H2,1H3,(H,29,32)(H2,30,31,33)/t17-/m1/s1. The van der Waals surface area contributed by atoms with Gasteiger partial charge in [0.1, 0.15) is 17.2 Å². The Morgan fingerprint density at radius 2 is 2.00 bits per heavy atom. The first-order chi connectivity index (χ1) is 17.5. The fraction of sp³-hybridized carbons (Fsp3) is 0.346. The first kappa shape index (κ1) is 24.1. The van der Waals surface area contributed by atoms with E-state index in [-0.39, 0.29) is 24.1 Å². The average molecular weight is 511 g/mol. The van der Waals surface area contributed by atoms with E-state index in [1.807, 2.05) is 0 Å². The molecule has 3 aromatic rings. The number of fused-ring (bicyclic) bond motifs is 1. The second-order valence-electron chi connectivity index (χ2n) is 8.84. The number of amides is 3. The van der Waals surface area contributed by atoms with Crippen LogP contribution >= 0.6 is 11.6 Å². The highest BCUT2D eigenvalue weighted by Crippen LogP contribution is 2.35. The summed E-state index contributed by atoms with van der Waals surface area (Å²) in [5.41, 5.74) is 1.47. The van der Waals surface area contributed by atoms with Gasteiger partial charge in [-0.05, 0) is 49.9 Å². The fourth-order valence-electron chi connectivity index (χ4n) is 4.05. The molecule has 0 bridgehead atoms. The van der Waals surface area contributed by atoms with Crippen molar-refractivity contribution in [2.24, 2.45) is 0 Å². The number of nitrogens with one attached hydrogen (secondary N) is 3. The van der Waals surface area contributed by atoms with Crippen molar-refractivity contribution in [3.8, 4) is 17.2 Å². The zero-order valence-corrected chi connectivity index (χ0v) is 20.6. The van der Waals surface area contributed by atoms with Gasteiger partial charge in [0.05, 0.1) is 35.0 Å². The van der Waals surface area contributed by atoms with Gasteiger partial charge in [-0.3, -0.25) is 9.78 Å². The van der Waals surface area contributed by atoms with Crippen molar-refractivity contribution in [2.45, 2.75) is 37.8 Å². The van der Waals surface area contributed by atoms with Crippen molar-refractivity contribution in [3.05, 3.63) is 53.2 Å². The number of rotatable bonds is 8. The summed E-state index contributed by atoms with van der Waals surface area (Å²) in [6.45, 7) is 1.16. The smallest absolute Gasteiger partial charge is 0.319 e. The molecule has 3 amide bonds. The van der Waals surface area contributed by atoms with E-state index in [2.05, 4.69) is 20.9 Å². The number of nitrogens with zero attached hydrogens (tertiary/aromatic N) is 1. The van der Waals surface area contributed by atoms with Gasteiger partial charge in [-0.25, -0.2) is 4.79 Å². The van der Waals surface area contributed by atoms with E-state index < -0.39 is 0 Å². The Morgan fingerprint density at radius 1 is 1.14 bits per heavy atom. The maximum Gasteiger partial charge on any atom is 0.319 e. The highest BCUT2D eigenvalue weighted by molar-refractivity contribution is 6.33. The topological polar surface area (TPSA) is 111 Å². The van der Waals surface area contributed by atoms with E-state index in [0.29, 0.717) is 51.0 Å². The maximum atomic E-state index is 13.0. The van der Waals surface area contributed by atoms with Crippen LogP contribution in [0, 0.1) is 0 Å². The minimum Gasteiger partial charge on any atom is -0.496 e. The summed E-state index contributed by atoms with van der Waals surface area (Å²) in [6, 6.07) is 10.1. The van der Waals surface area contributed by atoms with Crippen LogP contribution in [0.3, 0.4) is 0 Å². The van der Waals surface area contributed by atoms with Crippen molar-refractivity contribution in [2.75, 3.05) is 25.6 Å². The summed E-state index contributed by atoms with van der Waals surface area (Å²) < 4.78 is 17.2. The van der Waals surface area contributed by atoms with E-state index in [1.165, 1.54) is 7.11 Å². The lowest BCUT2D eigenvalue weighted by Crippen LogP contribution is -2.32. The summed E-state index contributed by atoms with van der Waals surface area (Å²) in [5, 5.41) is 9.52. The number of pyridine rings is 1. The lowest BCUT2D eigenvalue weighted by atomic mass is 10.1. The molecule has 3 N–H and O–H groups in total. The molecule has 1 atom stereocenters. The predicted molar refractivity (Wildman–Crippen MR) is 136 cm³/mol. The summed E-state index contributed by atoms with van der Waals surface area (Å²) in [5.74, 6) is 1.13. The number of aromatic nitrogens is 1. The van der Waals surface area contributed by atoms with Crippen LogP contribution in [0.5, 0.6) is 17.2 Å². The van der Waals surface area contributed by atoms with Gasteiger partial charge in [0.25, 0.3) is 5.91 Å². The molecule has 1 aliphatic heterocycles. The largest absolute Gasteiger partial charge is 0.496 e. The summed E-state index contributed by atoms with van der Waals surface area (Å²) in [6.07, 6.45) is 5.58. The summed E-state index contributed by atoms with van der Waals surface area (Å²) >= 11 is 6.39. The van der Waals surface area contributed by atoms with Crippen LogP contribution in [-0.2, 0) is 4.74 Å². The lowest BCUT2D eigenvalue weighted by molar-refractivity contribution is 0.0855. The normalized spacial score (nSPS) is 17.0. The Kier molecular flexibility index (Phi) is 7.11. The highest BCUT2D eigenvalue weighted by Gasteiger charge is 2.24. The quantitative estimate of drug-likeness (QED) is 0.398. The van der Waals surface area contributed by atoms with Gasteiger partial charge in [0.15, 0.2) is 0 Å². The Morgan fingerprint density at radius 3 is 2.72 bits per heavy atom. The molecule has 1 aromatic heterocycles. The molecule has 5 rings (SSSR count). The third kappa shape index (κ3) is 5.63. The van der Waals surface area contributed by atoms with Gasteiger partial charge in [-0.15, -0.1) is 0 Å². The first-order valence-corrected chi connectivity index (χ1v) is 12.3. The Hall–Kier alpha value is -3.56. The first-order valence-electron chi connectivity index (χ1n) is 11.9. The minimum absolute atomic E-state index is 0.0305. The Bertz CT molecular complexity index is 1290. The number of hydrogen-bond donors (Lipinski definition) is 3. The number of carbonyl (C=O) groups is 2. The number of hydrogen-bond acceptors (Lipinski definition) is 6. The molecule has 1 saturated carbocycles. The fourth-order valence-corrected chi connectivity index (χ4v) is 4.27. The molecule has 1 aliphatic carbocycles. The molecule has 2 aromatic carbocycles. The zero-order valence-electron chi connectivity index (χ0n) is 19.8. The van der Waals surface area contributed by atoms with Crippen molar-refractivity contribution < 1.29 is 23.8 Å². The number of anilines is 1. The van der Waals surface area contributed by atoms with Crippen LogP contribution in [-0.4, -0.2) is 49.3 Å². The molecular weight excluding hydrogens is 484 g/mol. The van der Waals surface area contributed by atoms with Crippen molar-refractivity contribution >= 4 is 40.1 Å². The van der Waals surface area contributed by atoms with Gasteiger partial charge < -0.3 is 30.2 Å². The van der Waals surface area contributed by atoms with E-state index in [0.717, 1.165) is 32.3 Å². The van der Waals surface area contributed by atoms with Crippen LogP contribution in [0.1, 0.15) is 36.0 Å². The monoisotopic (exact) mass is 510 g/mol. The third-order valence-electron chi connectivity index (χ3n) is 6.11. The molecular formula is C26H27ClN4O5. The molecule has 188 valence electrons. The molecule has 2 aliphatic rings. The molecule has 2 heterocycles. The number of benzene rings is 2. The average Bonchev–Trinajstić information content (AvgIpc) is 3.53. The van der Waals surface area contributed by atoms with Crippen molar-refractivity contribution in [1.29, 1.82) is 0 Å². The number of carbonyl (C=O) groups excluding carboxylic acids is 2. The molecule has 0 radical (unpaired) electrons. The molecule has 0 spiro atoms. The van der Waals surface area contributed by atoms with E-state index in [4.69, 9.17) is 25.8 Å². The SMILES string of the molecule is COc1cc2nccc(Oc3ccc(NC(=O)NC4CC4)c(Cl)c3)c2cc1C(=O)NC[C@H]1CCCO1. The molecule has 2 fully saturated rings. The van der Waals surface area contributed by atoms with Crippen molar-refractivity contribution in [3.63, 3.8) is 0 Å². The van der Waals surface area contributed by atoms with Gasteiger partial charge in [-0.1, -0.05) is 11.6 Å². The van der Waals surface area contributed by atoms with Gasteiger partial charge in [0, 0.05) is 42.9 Å². The third-order valence-corrected chi connectivity index (χ3v) is 6.42. The molecule has 36 heavy (non-hydrogen) atoms. The molecule has 10 heteroatoms. The Balaban J connectivity index is 1.36. The number of urea groups is 1. The van der Waals surface area contributed by atoms with E-state index in [1.54, 1.807) is 42.6 Å². The van der Waals surface area contributed by atoms with Crippen LogP contribution < -0.4 is 25.4 Å². The molecule has 0 unspecified atom stereocenters.